The number of rotatable bonds is 7. The van der Waals surface area contributed by atoms with E-state index in [-0.39, 0.29) is 58.1 Å². The van der Waals surface area contributed by atoms with Crippen molar-refractivity contribution in [1.29, 1.82) is 0 Å². The van der Waals surface area contributed by atoms with Crippen LogP contribution in [0.1, 0.15) is 81.3 Å². The molecule has 1 aliphatic heterocycles. The quantitative estimate of drug-likeness (QED) is 0.0296. The van der Waals surface area contributed by atoms with Crippen LogP contribution in [0.3, 0.4) is 0 Å². The molecule has 0 bridgehead atoms. The Morgan fingerprint density at radius 3 is 2.53 bits per heavy atom. The van der Waals surface area contributed by atoms with Gasteiger partial charge in [-0.1, -0.05) is 35.4 Å². The number of benzene rings is 3. The van der Waals surface area contributed by atoms with E-state index in [1.165, 1.54) is 32.2 Å². The number of ether oxygens (including phenoxy) is 3. The van der Waals surface area contributed by atoms with Gasteiger partial charge in [0.25, 0.3) is 0 Å². The molecule has 6 atom stereocenters. The van der Waals surface area contributed by atoms with E-state index in [2.05, 4.69) is 25.9 Å². The summed E-state index contributed by atoms with van der Waals surface area (Å²) in [7, 11) is 1.34. The van der Waals surface area contributed by atoms with Crippen LogP contribution in [0.2, 0.25) is 0 Å². The molecule has 1 fully saturated rings. The normalized spacial score (nSPS) is 25.5. The van der Waals surface area contributed by atoms with Crippen LogP contribution in [0, 0.1) is 6.92 Å². The number of para-hydroxylation sites is 1. The Balaban J connectivity index is 1.42. The van der Waals surface area contributed by atoms with Gasteiger partial charge < -0.3 is 40.0 Å². The van der Waals surface area contributed by atoms with E-state index >= 15 is 0 Å². The highest BCUT2D eigenvalue weighted by molar-refractivity contribution is 7.80. The number of methoxy groups -OCH3 is 1. The number of ketones is 2. The number of aryl methyl sites for hydroxylation is 1. The van der Waals surface area contributed by atoms with Crippen molar-refractivity contribution < 1.29 is 44.2 Å². The van der Waals surface area contributed by atoms with Crippen LogP contribution in [-0.2, 0) is 15.9 Å². The molecule has 0 radical (unpaired) electrons. The highest BCUT2D eigenvalue weighted by Crippen LogP contribution is 2.52. The first-order valence-electron chi connectivity index (χ1n) is 16.1. The molecule has 6 rings (SSSR count). The molecule has 3 aromatic rings. The van der Waals surface area contributed by atoms with E-state index < -0.39 is 70.4 Å². The number of aromatic hydroxyl groups is 2. The number of thiocarbonyl (C=S) groups is 1. The first-order valence-corrected chi connectivity index (χ1v) is 16.5. The van der Waals surface area contributed by atoms with Crippen LogP contribution in [-0.4, -0.2) is 80.1 Å². The lowest BCUT2D eigenvalue weighted by atomic mass is 9.72. The lowest BCUT2D eigenvalue weighted by molar-refractivity contribution is -0.245. The summed E-state index contributed by atoms with van der Waals surface area (Å²) in [6.45, 7) is 5.00. The number of aliphatic hydroxyl groups excluding tert-OH is 1. The standard InChI is InChI=1S/C35H36N6O9S/c1-15-8-5-6-10-20(15)37-34(51)40-38-17(3)35(47)13-19-26(23(14-35)50-24-12-21(39-41-36)29(42)16(2)49-24)33(46)28-27(31(19)44)30(43)18-9-7-11-22(48-4)25(18)32(28)45/h5-11,16,21,23-24,29,42,44,46-47H,12-14H2,1-4H3,(H2,37,40,51)/b38-17+/t16-,21-,23-,24-,29+,35-/m0/s1. The van der Waals surface area contributed by atoms with Gasteiger partial charge in [-0.05, 0) is 56.2 Å². The highest BCUT2D eigenvalue weighted by atomic mass is 32.1. The van der Waals surface area contributed by atoms with Gasteiger partial charge in [-0.15, -0.1) is 0 Å². The molecule has 51 heavy (non-hydrogen) atoms. The number of hydrogen-bond donors (Lipinski definition) is 6. The number of nitrogens with one attached hydrogen (secondary N) is 2. The number of carbonyl (C=O) groups excluding carboxylic acids is 2. The molecule has 266 valence electrons. The predicted molar refractivity (Wildman–Crippen MR) is 188 cm³/mol. The third kappa shape index (κ3) is 6.37. The Morgan fingerprint density at radius 1 is 1.10 bits per heavy atom. The minimum atomic E-state index is -1.87. The van der Waals surface area contributed by atoms with Gasteiger partial charge in [0.1, 0.15) is 22.8 Å². The molecule has 0 saturated carbocycles. The monoisotopic (exact) mass is 716 g/mol. The Labute approximate surface area is 297 Å². The van der Waals surface area contributed by atoms with Gasteiger partial charge in [0.15, 0.2) is 17.2 Å². The second-order valence-electron chi connectivity index (χ2n) is 12.8. The maximum Gasteiger partial charge on any atom is 0.202 e. The van der Waals surface area contributed by atoms with Crippen molar-refractivity contribution in [2.75, 3.05) is 12.4 Å². The maximum absolute atomic E-state index is 14.0. The minimum absolute atomic E-state index is 0.0239. The van der Waals surface area contributed by atoms with E-state index in [0.717, 1.165) is 11.3 Å². The summed E-state index contributed by atoms with van der Waals surface area (Å²) in [6.07, 6.45) is -5.08. The zero-order valence-electron chi connectivity index (χ0n) is 28.1. The number of phenols is 2. The number of phenolic OH excluding ortho intramolecular Hbond substituents is 2. The van der Waals surface area contributed by atoms with Crippen molar-refractivity contribution in [3.05, 3.63) is 91.9 Å². The van der Waals surface area contributed by atoms with Gasteiger partial charge in [-0.2, -0.15) is 5.10 Å². The van der Waals surface area contributed by atoms with Gasteiger partial charge in [-0.3, -0.25) is 15.0 Å². The number of anilines is 1. The van der Waals surface area contributed by atoms with Gasteiger partial charge in [-0.25, -0.2) is 0 Å². The molecule has 16 heteroatoms. The topological polar surface area (TPSA) is 228 Å². The number of fused-ring (bicyclic) bond motifs is 3. The molecule has 15 nitrogen and oxygen atoms in total. The van der Waals surface area contributed by atoms with Gasteiger partial charge in [0.05, 0.1) is 53.9 Å². The third-order valence-corrected chi connectivity index (χ3v) is 9.85. The maximum atomic E-state index is 14.0. The van der Waals surface area contributed by atoms with Crippen molar-refractivity contribution in [3.63, 3.8) is 0 Å². The van der Waals surface area contributed by atoms with Crippen molar-refractivity contribution in [3.8, 4) is 17.2 Å². The van der Waals surface area contributed by atoms with Crippen molar-refractivity contribution in [2.24, 2.45) is 10.2 Å². The third-order valence-electron chi connectivity index (χ3n) is 9.66. The Morgan fingerprint density at radius 2 is 1.82 bits per heavy atom. The molecule has 1 saturated heterocycles. The second kappa shape index (κ2) is 13.9. The van der Waals surface area contributed by atoms with Gasteiger partial charge in [0.2, 0.25) is 5.78 Å². The molecule has 0 aromatic heterocycles. The molecular weight excluding hydrogens is 680 g/mol. The first kappa shape index (κ1) is 35.7. The summed E-state index contributed by atoms with van der Waals surface area (Å²) in [5, 5.41) is 57.6. The van der Waals surface area contributed by atoms with Gasteiger partial charge >= 0.3 is 0 Å². The van der Waals surface area contributed by atoms with Crippen LogP contribution in [0.25, 0.3) is 10.4 Å². The van der Waals surface area contributed by atoms with Crippen molar-refractivity contribution >= 4 is 40.3 Å². The van der Waals surface area contributed by atoms with Crippen LogP contribution >= 0.6 is 12.2 Å². The van der Waals surface area contributed by atoms with E-state index in [9.17, 15) is 30.0 Å². The summed E-state index contributed by atoms with van der Waals surface area (Å²) in [5.41, 5.74) is 10.7. The number of hydrazone groups is 1. The van der Waals surface area contributed by atoms with Crippen LogP contribution < -0.4 is 15.5 Å². The summed E-state index contributed by atoms with van der Waals surface area (Å²) in [6, 6.07) is 11.0. The zero-order valence-corrected chi connectivity index (χ0v) is 28.9. The zero-order chi connectivity index (χ0) is 36.8. The lowest BCUT2D eigenvalue weighted by Gasteiger charge is -2.42. The lowest BCUT2D eigenvalue weighted by Crippen LogP contribution is -2.49. The minimum Gasteiger partial charge on any atom is -0.507 e. The van der Waals surface area contributed by atoms with E-state index in [0.29, 0.717) is 0 Å². The summed E-state index contributed by atoms with van der Waals surface area (Å²) < 4.78 is 17.6. The Bertz CT molecular complexity index is 2030. The fraction of sp³-hybridized carbons (Fsp3) is 0.371. The van der Waals surface area contributed by atoms with Crippen LogP contribution in [0.5, 0.6) is 17.2 Å². The van der Waals surface area contributed by atoms with Crippen molar-refractivity contribution in [1.82, 2.24) is 5.43 Å². The summed E-state index contributed by atoms with van der Waals surface area (Å²) in [4.78, 5) is 30.7. The van der Waals surface area contributed by atoms with Gasteiger partial charge in [0, 0.05) is 46.6 Å². The molecule has 6 N–H and O–H groups in total. The Hall–Kier alpha value is -5.09. The smallest absolute Gasteiger partial charge is 0.202 e. The van der Waals surface area contributed by atoms with Crippen LogP contribution in [0.15, 0.2) is 52.7 Å². The molecule has 3 aliphatic rings. The second-order valence-corrected chi connectivity index (χ2v) is 13.2. The molecule has 1 heterocycles. The summed E-state index contributed by atoms with van der Waals surface area (Å²) >= 11 is 5.42. The largest absolute Gasteiger partial charge is 0.507 e. The number of carbonyl (C=O) groups is 2. The molecule has 0 unspecified atom stereocenters. The first-order chi connectivity index (χ1) is 24.3. The SMILES string of the molecule is COc1cccc2c1C(=O)c1c(O)c3c(c(O)c1C2=O)C[C@@](O)(/C(C)=N/NC(=S)Nc1ccccc1C)C[C@@H]3O[C@H]1C[C@H](N=[N+]=[N-])[C@H](O)[C@H](C)O1. The molecule has 2 aliphatic carbocycles. The average molecular weight is 717 g/mol. The molecule has 0 spiro atoms. The fourth-order valence-electron chi connectivity index (χ4n) is 6.89. The number of hydrogen-bond acceptors (Lipinski definition) is 12. The Kier molecular flexibility index (Phi) is 9.74. The number of aliphatic hydroxyl groups is 2. The molecular formula is C35H36N6O9S. The molecule has 3 aromatic carbocycles. The van der Waals surface area contributed by atoms with E-state index in [1.807, 2.05) is 31.2 Å². The fourth-order valence-corrected chi connectivity index (χ4v) is 7.05. The number of nitrogens with zero attached hydrogens (tertiary/aromatic N) is 4. The van der Waals surface area contributed by atoms with E-state index in [1.54, 1.807) is 6.92 Å². The molecule has 0 amide bonds. The average Bonchev–Trinajstić information content (AvgIpc) is 3.10. The number of azide groups is 1. The predicted octanol–water partition coefficient (Wildman–Crippen LogP) is 4.46. The van der Waals surface area contributed by atoms with Crippen molar-refractivity contribution in [2.45, 2.75) is 76.3 Å². The highest BCUT2D eigenvalue weighted by Gasteiger charge is 2.49. The summed E-state index contributed by atoms with van der Waals surface area (Å²) in [5.74, 6) is -2.61. The van der Waals surface area contributed by atoms with Crippen LogP contribution in [0.4, 0.5) is 5.69 Å². The van der Waals surface area contributed by atoms with E-state index in [4.69, 9.17) is 32.0 Å².